The number of hydrogen-bond acceptors (Lipinski definition) is 3. The van der Waals surface area contributed by atoms with Crippen molar-refractivity contribution in [2.45, 2.75) is 45.7 Å². The van der Waals surface area contributed by atoms with E-state index in [9.17, 15) is 0 Å². The van der Waals surface area contributed by atoms with Gasteiger partial charge in [-0.05, 0) is 39.4 Å². The molecule has 2 unspecified atom stereocenters. The molecule has 0 aliphatic heterocycles. The molecule has 4 heteroatoms. The van der Waals surface area contributed by atoms with Crippen molar-refractivity contribution in [3.8, 4) is 0 Å². The predicted molar refractivity (Wildman–Crippen MR) is 76.2 cm³/mol. The average Bonchev–Trinajstić information content (AvgIpc) is 3.04. The summed E-state index contributed by atoms with van der Waals surface area (Å²) >= 11 is 0. The summed E-state index contributed by atoms with van der Waals surface area (Å²) in [4.78, 5) is 0. The lowest BCUT2D eigenvalue weighted by Crippen LogP contribution is -2.18. The van der Waals surface area contributed by atoms with Gasteiger partial charge < -0.3 is 9.73 Å². The zero-order valence-electron chi connectivity index (χ0n) is 12.2. The van der Waals surface area contributed by atoms with Crippen molar-refractivity contribution < 1.29 is 4.42 Å². The molecule has 0 bridgehead atoms. The number of rotatable bonds is 6. The molecule has 104 valence electrons. The van der Waals surface area contributed by atoms with E-state index in [4.69, 9.17) is 4.42 Å². The lowest BCUT2D eigenvalue weighted by molar-refractivity contribution is 0.468. The number of aromatic nitrogens is 2. The third kappa shape index (κ3) is 3.26. The number of nitrogens with one attached hydrogen (secondary N) is 1. The largest absolute Gasteiger partial charge is 0.469 e. The molecule has 0 aliphatic rings. The van der Waals surface area contributed by atoms with Crippen LogP contribution in [0.3, 0.4) is 0 Å². The minimum atomic E-state index is 0.248. The van der Waals surface area contributed by atoms with Crippen molar-refractivity contribution in [3.63, 3.8) is 0 Å². The van der Waals surface area contributed by atoms with Gasteiger partial charge in [0.1, 0.15) is 5.76 Å². The van der Waals surface area contributed by atoms with Crippen LogP contribution in [0.4, 0.5) is 0 Å². The van der Waals surface area contributed by atoms with E-state index in [1.54, 1.807) is 0 Å². The maximum absolute atomic E-state index is 5.38. The standard InChI is InChI=1S/C15H23N3O/c1-5-11(2)18-7-6-14(17-18)9-15(16-4)13-8-12(3)19-10-13/h6-8,10-11,15-16H,5,9H2,1-4H3. The second kappa shape index (κ2) is 6.06. The number of aryl methyl sites for hydroxylation is 1. The van der Waals surface area contributed by atoms with E-state index in [2.05, 4.69) is 42.6 Å². The highest BCUT2D eigenvalue weighted by Crippen LogP contribution is 2.20. The summed E-state index contributed by atoms with van der Waals surface area (Å²) in [5.74, 6) is 0.945. The third-order valence-corrected chi connectivity index (χ3v) is 3.62. The monoisotopic (exact) mass is 261 g/mol. The van der Waals surface area contributed by atoms with Crippen LogP contribution in [-0.4, -0.2) is 16.8 Å². The van der Waals surface area contributed by atoms with Crippen LogP contribution in [-0.2, 0) is 6.42 Å². The molecule has 2 atom stereocenters. The highest BCUT2D eigenvalue weighted by atomic mass is 16.3. The van der Waals surface area contributed by atoms with Crippen molar-refractivity contribution in [1.82, 2.24) is 15.1 Å². The summed E-state index contributed by atoms with van der Waals surface area (Å²) in [6, 6.07) is 4.88. The Hall–Kier alpha value is -1.55. The first kappa shape index (κ1) is 13.9. The molecule has 1 N–H and O–H groups in total. The summed E-state index contributed by atoms with van der Waals surface area (Å²) in [6.07, 6.45) is 5.86. The van der Waals surface area contributed by atoms with Crippen LogP contribution in [0, 0.1) is 6.92 Å². The fourth-order valence-corrected chi connectivity index (χ4v) is 2.16. The molecule has 2 aromatic heterocycles. The molecule has 0 fully saturated rings. The number of hydrogen-bond donors (Lipinski definition) is 1. The van der Waals surface area contributed by atoms with E-state index < -0.39 is 0 Å². The zero-order chi connectivity index (χ0) is 13.8. The van der Waals surface area contributed by atoms with Crippen molar-refractivity contribution in [2.24, 2.45) is 0 Å². The number of furan rings is 1. The van der Waals surface area contributed by atoms with E-state index in [0.717, 1.165) is 24.3 Å². The van der Waals surface area contributed by atoms with Crippen LogP contribution < -0.4 is 5.32 Å². The molecule has 2 rings (SSSR count). The lowest BCUT2D eigenvalue weighted by Gasteiger charge is -2.13. The van der Waals surface area contributed by atoms with Gasteiger partial charge in [-0.2, -0.15) is 5.10 Å². The molecule has 0 aliphatic carbocycles. The van der Waals surface area contributed by atoms with Crippen molar-refractivity contribution in [3.05, 3.63) is 41.6 Å². The molecule has 0 amide bonds. The molecule has 0 saturated carbocycles. The van der Waals surface area contributed by atoms with E-state index >= 15 is 0 Å². The van der Waals surface area contributed by atoms with E-state index in [-0.39, 0.29) is 6.04 Å². The van der Waals surface area contributed by atoms with Gasteiger partial charge in [0.25, 0.3) is 0 Å². The molecular formula is C15H23N3O. The summed E-state index contributed by atoms with van der Waals surface area (Å²) in [5.41, 5.74) is 2.29. The van der Waals surface area contributed by atoms with Gasteiger partial charge >= 0.3 is 0 Å². The Morgan fingerprint density at radius 3 is 2.84 bits per heavy atom. The highest BCUT2D eigenvalue weighted by molar-refractivity contribution is 5.18. The molecule has 0 saturated heterocycles. The fourth-order valence-electron chi connectivity index (χ4n) is 2.16. The zero-order valence-corrected chi connectivity index (χ0v) is 12.2. The Bertz CT molecular complexity index is 515. The van der Waals surface area contributed by atoms with Crippen LogP contribution in [0.15, 0.2) is 29.0 Å². The molecule has 0 radical (unpaired) electrons. The SMILES string of the molecule is CCC(C)n1ccc(CC(NC)c2coc(C)c2)n1. The Labute approximate surface area is 114 Å². The van der Waals surface area contributed by atoms with E-state index in [1.807, 2.05) is 24.9 Å². The fraction of sp³-hybridized carbons (Fsp3) is 0.533. The summed E-state index contributed by atoms with van der Waals surface area (Å²) < 4.78 is 7.42. The minimum absolute atomic E-state index is 0.248. The topological polar surface area (TPSA) is 43.0 Å². The molecule has 19 heavy (non-hydrogen) atoms. The first-order valence-electron chi connectivity index (χ1n) is 6.90. The molecule has 2 heterocycles. The highest BCUT2D eigenvalue weighted by Gasteiger charge is 2.14. The molecule has 2 aromatic rings. The second-order valence-corrected chi connectivity index (χ2v) is 5.08. The first-order valence-corrected chi connectivity index (χ1v) is 6.90. The van der Waals surface area contributed by atoms with Gasteiger partial charge in [0, 0.05) is 30.3 Å². The number of nitrogens with zero attached hydrogens (tertiary/aromatic N) is 2. The van der Waals surface area contributed by atoms with Gasteiger partial charge in [-0.15, -0.1) is 0 Å². The van der Waals surface area contributed by atoms with Crippen molar-refractivity contribution in [1.29, 1.82) is 0 Å². The molecular weight excluding hydrogens is 238 g/mol. The Kier molecular flexibility index (Phi) is 4.43. The summed E-state index contributed by atoms with van der Waals surface area (Å²) in [7, 11) is 1.97. The Balaban J connectivity index is 2.08. The lowest BCUT2D eigenvalue weighted by atomic mass is 10.1. The average molecular weight is 261 g/mol. The van der Waals surface area contributed by atoms with Gasteiger partial charge in [-0.3, -0.25) is 4.68 Å². The Morgan fingerprint density at radius 2 is 2.26 bits per heavy atom. The first-order chi connectivity index (χ1) is 9.13. The van der Waals surface area contributed by atoms with Crippen molar-refractivity contribution >= 4 is 0 Å². The summed E-state index contributed by atoms with van der Waals surface area (Å²) in [6.45, 7) is 6.33. The molecule has 0 spiro atoms. The maximum Gasteiger partial charge on any atom is 0.101 e. The van der Waals surface area contributed by atoms with Crippen LogP contribution in [0.1, 0.15) is 49.4 Å². The van der Waals surface area contributed by atoms with Crippen LogP contribution in [0.2, 0.25) is 0 Å². The van der Waals surface area contributed by atoms with Crippen LogP contribution in [0.5, 0.6) is 0 Å². The normalized spacial score (nSPS) is 14.5. The van der Waals surface area contributed by atoms with E-state index in [1.165, 1.54) is 5.56 Å². The van der Waals surface area contributed by atoms with Gasteiger partial charge in [-0.25, -0.2) is 0 Å². The maximum atomic E-state index is 5.38. The van der Waals surface area contributed by atoms with Gasteiger partial charge in [-0.1, -0.05) is 6.92 Å². The van der Waals surface area contributed by atoms with Gasteiger partial charge in [0.05, 0.1) is 12.0 Å². The van der Waals surface area contributed by atoms with Crippen molar-refractivity contribution in [2.75, 3.05) is 7.05 Å². The third-order valence-electron chi connectivity index (χ3n) is 3.62. The molecule has 0 aromatic carbocycles. The molecule has 4 nitrogen and oxygen atoms in total. The smallest absolute Gasteiger partial charge is 0.101 e. The van der Waals surface area contributed by atoms with E-state index in [0.29, 0.717) is 6.04 Å². The second-order valence-electron chi connectivity index (χ2n) is 5.08. The quantitative estimate of drug-likeness (QED) is 0.868. The van der Waals surface area contributed by atoms with Crippen LogP contribution in [0.25, 0.3) is 0 Å². The van der Waals surface area contributed by atoms with Gasteiger partial charge in [0.15, 0.2) is 0 Å². The van der Waals surface area contributed by atoms with Gasteiger partial charge in [0.2, 0.25) is 0 Å². The minimum Gasteiger partial charge on any atom is -0.469 e. The number of likely N-dealkylation sites (N-methyl/N-ethyl adjacent to an activating group) is 1. The summed E-state index contributed by atoms with van der Waals surface area (Å²) in [5, 5.41) is 7.97. The predicted octanol–water partition coefficient (Wildman–Crippen LogP) is 3.26. The van der Waals surface area contributed by atoms with Crippen LogP contribution >= 0.6 is 0 Å². The Morgan fingerprint density at radius 1 is 1.47 bits per heavy atom.